The lowest BCUT2D eigenvalue weighted by molar-refractivity contribution is -0.140. The van der Waals surface area contributed by atoms with Crippen LogP contribution < -0.4 is 11.1 Å². The third-order valence-corrected chi connectivity index (χ3v) is 4.13. The molecule has 0 aliphatic heterocycles. The maximum atomic E-state index is 12.2. The van der Waals surface area contributed by atoms with E-state index in [0.717, 1.165) is 16.9 Å². The van der Waals surface area contributed by atoms with Crippen LogP contribution in [0.2, 0.25) is 0 Å². The van der Waals surface area contributed by atoms with Crippen LogP contribution >= 0.6 is 11.3 Å². The third-order valence-electron chi connectivity index (χ3n) is 2.92. The number of rotatable bonds is 6. The molecular weight excluding hydrogens is 320 g/mol. The molecule has 2 rings (SSSR count). The summed E-state index contributed by atoms with van der Waals surface area (Å²) in [4.78, 5) is 42.7. The molecule has 9 heteroatoms. The van der Waals surface area contributed by atoms with Crippen molar-refractivity contribution in [3.8, 4) is 10.6 Å². The minimum atomic E-state index is -1.37. The van der Waals surface area contributed by atoms with Gasteiger partial charge < -0.3 is 16.2 Å². The normalized spacial score (nSPS) is 11.7. The summed E-state index contributed by atoms with van der Waals surface area (Å²) in [5, 5.41) is 11.9. The van der Waals surface area contributed by atoms with Crippen LogP contribution in [0.1, 0.15) is 21.8 Å². The molecule has 0 saturated carbocycles. The zero-order chi connectivity index (χ0) is 17.0. The maximum Gasteiger partial charge on any atom is 0.326 e. The summed E-state index contributed by atoms with van der Waals surface area (Å²) in [6.07, 6.45) is 2.76. The first-order valence-corrected chi connectivity index (χ1v) is 7.40. The number of nitrogens with zero attached hydrogens (tertiary/aromatic N) is 2. The monoisotopic (exact) mass is 334 g/mol. The highest BCUT2D eigenvalue weighted by atomic mass is 32.1. The van der Waals surface area contributed by atoms with Crippen LogP contribution in [0.3, 0.4) is 0 Å². The molecule has 0 aliphatic rings. The Balaban J connectivity index is 2.21. The van der Waals surface area contributed by atoms with Crippen LogP contribution in [0.4, 0.5) is 0 Å². The molecule has 0 spiro atoms. The van der Waals surface area contributed by atoms with Crippen molar-refractivity contribution >= 4 is 29.1 Å². The largest absolute Gasteiger partial charge is 0.480 e. The predicted molar refractivity (Wildman–Crippen MR) is 82.8 cm³/mol. The quantitative estimate of drug-likeness (QED) is 0.707. The topological polar surface area (TPSA) is 135 Å². The fraction of sp³-hybridized carbons (Fsp3) is 0.214. The fourth-order valence-corrected chi connectivity index (χ4v) is 2.80. The molecule has 0 bridgehead atoms. The van der Waals surface area contributed by atoms with E-state index < -0.39 is 30.2 Å². The van der Waals surface area contributed by atoms with Gasteiger partial charge in [0, 0.05) is 18.0 Å². The molecule has 0 radical (unpaired) electrons. The lowest BCUT2D eigenvalue weighted by Crippen LogP contribution is -2.43. The second kappa shape index (κ2) is 6.97. The van der Waals surface area contributed by atoms with Gasteiger partial charge in [0.1, 0.15) is 15.9 Å². The first-order chi connectivity index (χ1) is 10.9. The zero-order valence-corrected chi connectivity index (χ0v) is 13.0. The average Bonchev–Trinajstić information content (AvgIpc) is 2.89. The third kappa shape index (κ3) is 4.10. The van der Waals surface area contributed by atoms with E-state index in [9.17, 15) is 14.4 Å². The molecule has 4 N–H and O–H groups in total. The molecule has 23 heavy (non-hydrogen) atoms. The maximum absolute atomic E-state index is 12.2. The number of aromatic nitrogens is 2. The van der Waals surface area contributed by atoms with Crippen molar-refractivity contribution in [3.05, 3.63) is 35.1 Å². The number of amides is 2. The van der Waals surface area contributed by atoms with Gasteiger partial charge in [-0.1, -0.05) is 0 Å². The standard InChI is InChI=1S/C14H14N4O4S/c1-7-11(12(20)18-9(14(21)22)5-10(15)19)23-13(17-7)8-3-2-4-16-6-8/h2-4,6,9H,5H2,1H3,(H2,15,19)(H,18,20)(H,21,22). The summed E-state index contributed by atoms with van der Waals surface area (Å²) in [7, 11) is 0. The van der Waals surface area contributed by atoms with Crippen LogP contribution in [-0.4, -0.2) is 38.9 Å². The lowest BCUT2D eigenvalue weighted by atomic mass is 10.2. The van der Waals surface area contributed by atoms with Gasteiger partial charge in [0.2, 0.25) is 5.91 Å². The van der Waals surface area contributed by atoms with Crippen molar-refractivity contribution in [2.75, 3.05) is 0 Å². The van der Waals surface area contributed by atoms with Crippen LogP contribution in [-0.2, 0) is 9.59 Å². The molecule has 2 aromatic heterocycles. The number of carboxylic acid groups (broad SMARTS) is 1. The number of hydrogen-bond acceptors (Lipinski definition) is 6. The van der Waals surface area contributed by atoms with E-state index in [-0.39, 0.29) is 4.88 Å². The van der Waals surface area contributed by atoms with Gasteiger partial charge in [-0.2, -0.15) is 0 Å². The number of nitrogens with two attached hydrogens (primary N) is 1. The SMILES string of the molecule is Cc1nc(-c2cccnc2)sc1C(=O)NC(CC(N)=O)C(=O)O. The van der Waals surface area contributed by atoms with Crippen molar-refractivity contribution in [1.29, 1.82) is 0 Å². The van der Waals surface area contributed by atoms with E-state index in [1.807, 2.05) is 0 Å². The van der Waals surface area contributed by atoms with Gasteiger partial charge in [-0.3, -0.25) is 14.6 Å². The van der Waals surface area contributed by atoms with Crippen LogP contribution in [0.25, 0.3) is 10.6 Å². The van der Waals surface area contributed by atoms with Crippen molar-refractivity contribution in [2.45, 2.75) is 19.4 Å². The summed E-state index contributed by atoms with van der Waals surface area (Å²) < 4.78 is 0. The molecule has 120 valence electrons. The van der Waals surface area contributed by atoms with Gasteiger partial charge in [0.15, 0.2) is 0 Å². The summed E-state index contributed by atoms with van der Waals surface area (Å²) >= 11 is 1.12. The van der Waals surface area contributed by atoms with Gasteiger partial charge in [-0.15, -0.1) is 11.3 Å². The average molecular weight is 334 g/mol. The molecule has 2 aromatic rings. The number of pyridine rings is 1. The smallest absolute Gasteiger partial charge is 0.326 e. The highest BCUT2D eigenvalue weighted by molar-refractivity contribution is 7.17. The van der Waals surface area contributed by atoms with Crippen LogP contribution in [0.5, 0.6) is 0 Å². The van der Waals surface area contributed by atoms with Crippen LogP contribution in [0, 0.1) is 6.92 Å². The van der Waals surface area contributed by atoms with E-state index in [1.165, 1.54) is 0 Å². The van der Waals surface area contributed by atoms with E-state index >= 15 is 0 Å². The number of carbonyl (C=O) groups excluding carboxylic acids is 2. The predicted octanol–water partition coefficient (Wildman–Crippen LogP) is 0.572. The van der Waals surface area contributed by atoms with E-state index in [2.05, 4.69) is 15.3 Å². The molecule has 2 heterocycles. The first kappa shape index (κ1) is 16.6. The Hall–Kier alpha value is -2.81. The number of carbonyl (C=O) groups is 3. The molecule has 0 aromatic carbocycles. The Morgan fingerprint density at radius 1 is 1.43 bits per heavy atom. The Bertz CT molecular complexity index is 744. The summed E-state index contributed by atoms with van der Waals surface area (Å²) in [6.45, 7) is 1.65. The Labute approximate surface area is 135 Å². The van der Waals surface area contributed by atoms with E-state index in [1.54, 1.807) is 31.5 Å². The number of aliphatic carboxylic acids is 1. The van der Waals surface area contributed by atoms with Crippen molar-refractivity contribution < 1.29 is 19.5 Å². The molecule has 2 amide bonds. The van der Waals surface area contributed by atoms with Crippen LogP contribution in [0.15, 0.2) is 24.5 Å². The zero-order valence-electron chi connectivity index (χ0n) is 12.1. The minimum Gasteiger partial charge on any atom is -0.480 e. The summed E-state index contributed by atoms with van der Waals surface area (Å²) in [6, 6.07) is 2.18. The van der Waals surface area contributed by atoms with Gasteiger partial charge in [-0.25, -0.2) is 9.78 Å². The Morgan fingerprint density at radius 3 is 2.74 bits per heavy atom. The van der Waals surface area contributed by atoms with Gasteiger partial charge >= 0.3 is 5.97 Å². The second-order valence-corrected chi connectivity index (χ2v) is 5.71. The lowest BCUT2D eigenvalue weighted by Gasteiger charge is -2.11. The van der Waals surface area contributed by atoms with Gasteiger partial charge in [0.05, 0.1) is 12.1 Å². The number of hydrogen-bond donors (Lipinski definition) is 3. The number of primary amides is 1. The Morgan fingerprint density at radius 2 is 2.17 bits per heavy atom. The summed E-state index contributed by atoms with van der Waals surface area (Å²) in [5.41, 5.74) is 6.21. The van der Waals surface area contributed by atoms with Crippen molar-refractivity contribution in [3.63, 3.8) is 0 Å². The molecule has 0 aliphatic carbocycles. The van der Waals surface area contributed by atoms with Crippen molar-refractivity contribution in [2.24, 2.45) is 5.73 Å². The molecule has 1 atom stereocenters. The number of thiazole rings is 1. The van der Waals surface area contributed by atoms with Gasteiger partial charge in [-0.05, 0) is 19.1 Å². The number of carboxylic acids is 1. The second-order valence-electron chi connectivity index (χ2n) is 4.71. The molecule has 0 fully saturated rings. The highest BCUT2D eigenvalue weighted by Crippen LogP contribution is 2.27. The van der Waals surface area contributed by atoms with Crippen molar-refractivity contribution in [1.82, 2.24) is 15.3 Å². The number of aryl methyl sites for hydroxylation is 1. The number of nitrogens with one attached hydrogen (secondary N) is 1. The van der Waals surface area contributed by atoms with E-state index in [0.29, 0.717) is 10.7 Å². The Kier molecular flexibility index (Phi) is 5.02. The minimum absolute atomic E-state index is 0.277. The molecule has 1 unspecified atom stereocenters. The van der Waals surface area contributed by atoms with Gasteiger partial charge in [0.25, 0.3) is 5.91 Å². The highest BCUT2D eigenvalue weighted by Gasteiger charge is 2.25. The molecule has 0 saturated heterocycles. The molecular formula is C14H14N4O4S. The fourth-order valence-electron chi connectivity index (χ4n) is 1.84. The first-order valence-electron chi connectivity index (χ1n) is 6.58. The summed E-state index contributed by atoms with van der Waals surface area (Å²) in [5.74, 6) is -2.75. The van der Waals surface area contributed by atoms with E-state index in [4.69, 9.17) is 10.8 Å². The molecule has 8 nitrogen and oxygen atoms in total.